The molecular weight excluding hydrogens is 305 g/mol. The quantitative estimate of drug-likeness (QED) is 0.903. The van der Waals surface area contributed by atoms with E-state index >= 15 is 0 Å². The molecule has 1 amide bonds. The molecule has 21 heavy (non-hydrogen) atoms. The number of nitrogens with one attached hydrogen (secondary N) is 1. The molecule has 0 radical (unpaired) electrons. The normalized spacial score (nSPS) is 17.9. The second kappa shape index (κ2) is 6.71. The lowest BCUT2D eigenvalue weighted by atomic mass is 10.3. The van der Waals surface area contributed by atoms with E-state index in [0.29, 0.717) is 24.4 Å². The van der Waals surface area contributed by atoms with Gasteiger partial charge in [-0.05, 0) is 7.05 Å². The van der Waals surface area contributed by atoms with Gasteiger partial charge < -0.3 is 10.2 Å². The van der Waals surface area contributed by atoms with Gasteiger partial charge in [-0.3, -0.25) is 9.69 Å². The summed E-state index contributed by atoms with van der Waals surface area (Å²) in [6, 6.07) is 0. The molecule has 1 aliphatic heterocycles. The van der Waals surface area contributed by atoms with Crippen molar-refractivity contribution < 1.29 is 18.0 Å². The van der Waals surface area contributed by atoms with Gasteiger partial charge in [0.2, 0.25) is 0 Å². The first kappa shape index (κ1) is 16.2. The van der Waals surface area contributed by atoms with Gasteiger partial charge >= 0.3 is 6.18 Å². The predicted octanol–water partition coefficient (Wildman–Crippen LogP) is 1.14. The molecular formula is C12H17F3N4OS. The third kappa shape index (κ3) is 4.39. The van der Waals surface area contributed by atoms with Crippen LogP contribution in [0.4, 0.5) is 13.2 Å². The maximum Gasteiger partial charge on any atom is 0.434 e. The van der Waals surface area contributed by atoms with E-state index in [1.54, 1.807) is 0 Å². The van der Waals surface area contributed by atoms with E-state index in [0.717, 1.165) is 31.7 Å². The van der Waals surface area contributed by atoms with Crippen LogP contribution in [0.15, 0.2) is 5.51 Å². The number of nitrogens with zero attached hydrogens (tertiary/aromatic N) is 3. The van der Waals surface area contributed by atoms with Crippen molar-refractivity contribution in [1.29, 1.82) is 0 Å². The average molecular weight is 322 g/mol. The maximum atomic E-state index is 12.6. The van der Waals surface area contributed by atoms with Crippen molar-refractivity contribution in [3.8, 4) is 0 Å². The molecule has 0 unspecified atom stereocenters. The molecule has 0 aromatic carbocycles. The topological polar surface area (TPSA) is 48.5 Å². The van der Waals surface area contributed by atoms with Crippen molar-refractivity contribution in [1.82, 2.24) is 20.1 Å². The van der Waals surface area contributed by atoms with Gasteiger partial charge in [0.1, 0.15) is 4.88 Å². The lowest BCUT2D eigenvalue weighted by molar-refractivity contribution is -0.141. The summed E-state index contributed by atoms with van der Waals surface area (Å²) >= 11 is 0.707. The zero-order valence-corrected chi connectivity index (χ0v) is 12.4. The van der Waals surface area contributed by atoms with Crippen molar-refractivity contribution in [3.63, 3.8) is 0 Å². The van der Waals surface area contributed by atoms with Gasteiger partial charge in [-0.2, -0.15) is 13.2 Å². The third-order valence-corrected chi connectivity index (χ3v) is 4.18. The Hall–Kier alpha value is -1.19. The number of rotatable bonds is 4. The van der Waals surface area contributed by atoms with Crippen LogP contribution < -0.4 is 5.32 Å². The first-order chi connectivity index (χ1) is 9.88. The van der Waals surface area contributed by atoms with E-state index < -0.39 is 17.8 Å². The molecule has 1 saturated heterocycles. The van der Waals surface area contributed by atoms with Crippen LogP contribution in [-0.2, 0) is 6.18 Å². The second-order valence-electron chi connectivity index (χ2n) is 4.93. The molecule has 118 valence electrons. The van der Waals surface area contributed by atoms with Crippen LogP contribution in [0.3, 0.4) is 0 Å². The molecule has 0 spiro atoms. The van der Waals surface area contributed by atoms with Gasteiger partial charge in [0.05, 0.1) is 5.51 Å². The molecule has 0 saturated carbocycles. The summed E-state index contributed by atoms with van der Waals surface area (Å²) in [7, 11) is 2.04. The third-order valence-electron chi connectivity index (χ3n) is 3.35. The monoisotopic (exact) mass is 322 g/mol. The van der Waals surface area contributed by atoms with Gasteiger partial charge in [0, 0.05) is 39.3 Å². The number of thiazole rings is 1. The molecule has 2 heterocycles. The minimum Gasteiger partial charge on any atom is -0.350 e. The van der Waals surface area contributed by atoms with E-state index in [9.17, 15) is 18.0 Å². The summed E-state index contributed by atoms with van der Waals surface area (Å²) in [6.45, 7) is 4.70. The van der Waals surface area contributed by atoms with Crippen LogP contribution in [0.25, 0.3) is 0 Å². The van der Waals surface area contributed by atoms with Crippen molar-refractivity contribution >= 4 is 17.2 Å². The Morgan fingerprint density at radius 3 is 2.67 bits per heavy atom. The number of piperazine rings is 1. The molecule has 0 bridgehead atoms. The number of amides is 1. The first-order valence-electron chi connectivity index (χ1n) is 6.57. The van der Waals surface area contributed by atoms with Crippen LogP contribution in [0, 0.1) is 0 Å². The number of alkyl halides is 3. The number of hydrogen-bond acceptors (Lipinski definition) is 5. The average Bonchev–Trinajstić information content (AvgIpc) is 2.90. The molecule has 1 fully saturated rings. The summed E-state index contributed by atoms with van der Waals surface area (Å²) in [6.07, 6.45) is -4.59. The summed E-state index contributed by atoms with van der Waals surface area (Å²) in [4.78, 5) is 19.0. The number of carbonyl (C=O) groups is 1. The zero-order valence-electron chi connectivity index (χ0n) is 11.6. The lowest BCUT2D eigenvalue weighted by Crippen LogP contribution is -2.46. The van der Waals surface area contributed by atoms with E-state index in [1.165, 1.54) is 0 Å². The van der Waals surface area contributed by atoms with Gasteiger partial charge in [0.15, 0.2) is 5.69 Å². The highest BCUT2D eigenvalue weighted by molar-refractivity contribution is 7.11. The van der Waals surface area contributed by atoms with Crippen LogP contribution in [0.2, 0.25) is 0 Å². The number of halogens is 3. The van der Waals surface area contributed by atoms with E-state index in [1.807, 2.05) is 7.05 Å². The second-order valence-corrected chi connectivity index (χ2v) is 5.78. The summed E-state index contributed by atoms with van der Waals surface area (Å²) in [5.41, 5.74) is -0.0670. The number of aromatic nitrogens is 1. The van der Waals surface area contributed by atoms with Crippen LogP contribution >= 0.6 is 11.3 Å². The van der Waals surface area contributed by atoms with E-state index in [4.69, 9.17) is 0 Å². The van der Waals surface area contributed by atoms with Gasteiger partial charge in [-0.25, -0.2) is 4.98 Å². The molecule has 0 atom stereocenters. The summed E-state index contributed by atoms with van der Waals surface area (Å²) < 4.78 is 37.9. The molecule has 1 aromatic heterocycles. The Kier molecular flexibility index (Phi) is 5.17. The Morgan fingerprint density at radius 1 is 1.38 bits per heavy atom. The Balaban J connectivity index is 1.81. The highest BCUT2D eigenvalue weighted by Gasteiger charge is 2.38. The van der Waals surface area contributed by atoms with Gasteiger partial charge in [0.25, 0.3) is 5.91 Å². The zero-order chi connectivity index (χ0) is 15.5. The molecule has 9 heteroatoms. The largest absolute Gasteiger partial charge is 0.434 e. The van der Waals surface area contributed by atoms with Gasteiger partial charge in [-0.15, -0.1) is 11.3 Å². The highest BCUT2D eigenvalue weighted by atomic mass is 32.1. The molecule has 1 N–H and O–H groups in total. The van der Waals surface area contributed by atoms with Crippen LogP contribution in [0.1, 0.15) is 15.4 Å². The molecule has 1 aromatic rings. The molecule has 1 aliphatic rings. The standard InChI is InChI=1S/C12H17F3N4OS/c1-18-4-6-19(7-5-18)3-2-16-11(20)9-10(12(13,14)15)17-8-21-9/h8H,2-7H2,1H3,(H,16,20). The van der Waals surface area contributed by atoms with Crippen molar-refractivity contribution in [2.75, 3.05) is 46.3 Å². The minimum atomic E-state index is -4.59. The number of hydrogen-bond donors (Lipinski definition) is 1. The van der Waals surface area contributed by atoms with Crippen molar-refractivity contribution in [2.24, 2.45) is 0 Å². The Labute approximate surface area is 124 Å². The number of carbonyl (C=O) groups excluding carboxylic acids is 1. The Morgan fingerprint density at radius 2 is 2.05 bits per heavy atom. The van der Waals surface area contributed by atoms with Crippen molar-refractivity contribution in [3.05, 3.63) is 16.1 Å². The lowest BCUT2D eigenvalue weighted by Gasteiger charge is -2.32. The smallest absolute Gasteiger partial charge is 0.350 e. The highest BCUT2D eigenvalue weighted by Crippen LogP contribution is 2.32. The fourth-order valence-electron chi connectivity index (χ4n) is 2.09. The SMILES string of the molecule is CN1CCN(CCNC(=O)c2scnc2C(F)(F)F)CC1. The van der Waals surface area contributed by atoms with E-state index in [-0.39, 0.29) is 4.88 Å². The molecule has 5 nitrogen and oxygen atoms in total. The molecule has 0 aliphatic carbocycles. The van der Waals surface area contributed by atoms with Crippen LogP contribution in [-0.4, -0.2) is 67.0 Å². The van der Waals surface area contributed by atoms with Crippen molar-refractivity contribution in [2.45, 2.75) is 6.18 Å². The minimum absolute atomic E-state index is 0.331. The summed E-state index contributed by atoms with van der Waals surface area (Å²) in [5.74, 6) is -0.709. The Bertz CT molecular complexity index is 483. The fourth-order valence-corrected chi connectivity index (χ4v) is 2.81. The predicted molar refractivity (Wildman–Crippen MR) is 73.4 cm³/mol. The first-order valence-corrected chi connectivity index (χ1v) is 7.45. The van der Waals surface area contributed by atoms with Gasteiger partial charge in [-0.1, -0.05) is 0 Å². The summed E-state index contributed by atoms with van der Waals surface area (Å²) in [5, 5.41) is 2.53. The number of likely N-dealkylation sites (N-methyl/N-ethyl adjacent to an activating group) is 1. The van der Waals surface area contributed by atoms with E-state index in [2.05, 4.69) is 20.1 Å². The molecule has 2 rings (SSSR count). The fraction of sp³-hybridized carbons (Fsp3) is 0.667. The maximum absolute atomic E-state index is 12.6. The van der Waals surface area contributed by atoms with Crippen LogP contribution in [0.5, 0.6) is 0 Å².